The molecule has 2 saturated carbocycles. The van der Waals surface area contributed by atoms with Crippen molar-refractivity contribution in [3.63, 3.8) is 0 Å². The van der Waals surface area contributed by atoms with Crippen LogP contribution in [0.4, 0.5) is 0 Å². The van der Waals surface area contributed by atoms with E-state index in [0.29, 0.717) is 23.6 Å². The molecule has 2 saturated heterocycles. The molecule has 4 aliphatic rings. The molecule has 8 nitrogen and oxygen atoms in total. The molecule has 2 aliphatic carbocycles. The number of hydrogen-bond donors (Lipinski definition) is 1. The predicted molar refractivity (Wildman–Crippen MR) is 153 cm³/mol. The molecule has 2 aliphatic heterocycles. The first-order chi connectivity index (χ1) is 19.5. The van der Waals surface area contributed by atoms with Crippen molar-refractivity contribution in [2.45, 2.75) is 101 Å². The highest BCUT2D eigenvalue weighted by molar-refractivity contribution is 5.78. The standard InChI is InChI=1S/C32H38N4O4/c37-29-13-5-12-28(34(29)19-30(38)39)31-32(40)36(27-11-2-1-10-26(27)33-31)25-17-22-8-4-9-23(18-25)35(22)24-15-20-6-3-7-21(14-20)16-24/h1-2,5,10-13,20-25H,3-4,6-9,14-19H2,(H,38,39). The number of rotatable bonds is 5. The molecule has 40 heavy (non-hydrogen) atoms. The highest BCUT2D eigenvalue weighted by Gasteiger charge is 2.45. The van der Waals surface area contributed by atoms with Crippen molar-refractivity contribution in [1.82, 2.24) is 19.0 Å². The third-order valence-electron chi connectivity index (χ3n) is 10.3. The normalized spacial score (nSPS) is 30.3. The summed E-state index contributed by atoms with van der Waals surface area (Å²) in [4.78, 5) is 46.1. The molecule has 210 valence electrons. The lowest BCUT2D eigenvalue weighted by Gasteiger charge is -2.55. The van der Waals surface area contributed by atoms with Crippen LogP contribution in [0.5, 0.6) is 0 Å². The van der Waals surface area contributed by atoms with Crippen LogP contribution in [0.3, 0.4) is 0 Å². The second-order valence-electron chi connectivity index (χ2n) is 12.7. The highest BCUT2D eigenvalue weighted by Crippen LogP contribution is 2.47. The number of carboxylic acids is 1. The first-order valence-corrected chi connectivity index (χ1v) is 15.2. The summed E-state index contributed by atoms with van der Waals surface area (Å²) in [7, 11) is 0. The molecule has 4 fully saturated rings. The molecular formula is C32H38N4O4. The van der Waals surface area contributed by atoms with Crippen molar-refractivity contribution in [2.24, 2.45) is 11.8 Å². The number of carboxylic acid groups (broad SMARTS) is 1. The lowest BCUT2D eigenvalue weighted by atomic mass is 9.68. The Morgan fingerprint density at radius 1 is 0.800 bits per heavy atom. The van der Waals surface area contributed by atoms with E-state index in [4.69, 9.17) is 4.98 Å². The van der Waals surface area contributed by atoms with Gasteiger partial charge in [-0.1, -0.05) is 43.9 Å². The Morgan fingerprint density at radius 2 is 1.50 bits per heavy atom. The summed E-state index contributed by atoms with van der Waals surface area (Å²) < 4.78 is 3.07. The molecule has 4 heterocycles. The fourth-order valence-corrected chi connectivity index (χ4v) is 8.84. The number of fused-ring (bicyclic) bond motifs is 5. The highest BCUT2D eigenvalue weighted by atomic mass is 16.4. The van der Waals surface area contributed by atoms with E-state index in [9.17, 15) is 19.5 Å². The van der Waals surface area contributed by atoms with Crippen molar-refractivity contribution in [2.75, 3.05) is 0 Å². The minimum absolute atomic E-state index is 0.0390. The number of hydrogen-bond acceptors (Lipinski definition) is 5. The quantitative estimate of drug-likeness (QED) is 0.496. The van der Waals surface area contributed by atoms with Crippen molar-refractivity contribution >= 4 is 17.0 Å². The maximum absolute atomic E-state index is 14.3. The predicted octanol–water partition coefficient (Wildman–Crippen LogP) is 4.84. The van der Waals surface area contributed by atoms with Gasteiger partial charge in [0.2, 0.25) is 0 Å². The minimum Gasteiger partial charge on any atom is -0.480 e. The summed E-state index contributed by atoms with van der Waals surface area (Å²) in [6, 6.07) is 13.9. The van der Waals surface area contributed by atoms with E-state index in [-0.39, 0.29) is 23.0 Å². The molecule has 0 amide bonds. The van der Waals surface area contributed by atoms with Gasteiger partial charge in [-0.2, -0.15) is 0 Å². The summed E-state index contributed by atoms with van der Waals surface area (Å²) in [5.74, 6) is 0.641. The van der Waals surface area contributed by atoms with E-state index in [2.05, 4.69) is 4.90 Å². The second kappa shape index (κ2) is 10.3. The van der Waals surface area contributed by atoms with E-state index in [1.54, 1.807) is 12.1 Å². The molecule has 8 heteroatoms. The fraction of sp³-hybridized carbons (Fsp3) is 0.562. The number of piperidine rings is 2. The van der Waals surface area contributed by atoms with Crippen LogP contribution in [-0.4, -0.2) is 48.2 Å². The Labute approximate surface area is 233 Å². The lowest BCUT2D eigenvalue weighted by Crippen LogP contribution is -2.58. The lowest BCUT2D eigenvalue weighted by molar-refractivity contribution is -0.137. The van der Waals surface area contributed by atoms with Gasteiger partial charge in [-0.05, 0) is 75.0 Å². The van der Waals surface area contributed by atoms with Gasteiger partial charge in [0.25, 0.3) is 11.1 Å². The number of benzene rings is 1. The van der Waals surface area contributed by atoms with Gasteiger partial charge in [0.05, 0.1) is 16.7 Å². The number of pyridine rings is 1. The summed E-state index contributed by atoms with van der Waals surface area (Å²) >= 11 is 0. The van der Waals surface area contributed by atoms with Crippen LogP contribution in [-0.2, 0) is 11.3 Å². The second-order valence-corrected chi connectivity index (χ2v) is 12.7. The van der Waals surface area contributed by atoms with E-state index < -0.39 is 18.1 Å². The monoisotopic (exact) mass is 542 g/mol. The van der Waals surface area contributed by atoms with Crippen LogP contribution < -0.4 is 11.1 Å². The number of carbonyl (C=O) groups is 1. The average Bonchev–Trinajstić information content (AvgIpc) is 2.93. The van der Waals surface area contributed by atoms with Gasteiger partial charge in [0.15, 0.2) is 5.69 Å². The average molecular weight is 543 g/mol. The molecule has 3 aromatic rings. The summed E-state index contributed by atoms with van der Waals surface area (Å²) in [5.41, 5.74) is 1.19. The van der Waals surface area contributed by atoms with Crippen molar-refractivity contribution < 1.29 is 9.90 Å². The molecule has 1 aromatic carbocycles. The molecule has 7 rings (SSSR count). The Kier molecular flexibility index (Phi) is 6.61. The Balaban J connectivity index is 1.29. The maximum atomic E-state index is 14.3. The SMILES string of the molecule is O=C(O)Cn1c(-c2nc3ccccc3n(C3CC4CCCC(C3)N4C3CC4CCCC(C4)C3)c2=O)cccc1=O. The van der Waals surface area contributed by atoms with Crippen LogP contribution in [0.1, 0.15) is 76.7 Å². The van der Waals surface area contributed by atoms with E-state index in [1.165, 1.54) is 63.9 Å². The molecule has 1 N–H and O–H groups in total. The van der Waals surface area contributed by atoms with Gasteiger partial charge in [-0.15, -0.1) is 0 Å². The topological polar surface area (TPSA) is 97.4 Å². The summed E-state index contributed by atoms with van der Waals surface area (Å²) in [6.45, 7) is -0.519. The zero-order valence-corrected chi connectivity index (χ0v) is 23.0. The largest absolute Gasteiger partial charge is 0.480 e. The first-order valence-electron chi connectivity index (χ1n) is 15.2. The molecule has 0 spiro atoms. The van der Waals surface area contributed by atoms with Crippen LogP contribution in [0.15, 0.2) is 52.1 Å². The molecule has 0 radical (unpaired) electrons. The van der Waals surface area contributed by atoms with Crippen molar-refractivity contribution in [1.29, 1.82) is 0 Å². The van der Waals surface area contributed by atoms with Gasteiger partial charge in [0.1, 0.15) is 6.54 Å². The Hall–Kier alpha value is -3.26. The van der Waals surface area contributed by atoms with Crippen LogP contribution in [0.25, 0.3) is 22.4 Å². The van der Waals surface area contributed by atoms with Gasteiger partial charge < -0.3 is 9.67 Å². The summed E-state index contributed by atoms with van der Waals surface area (Å²) in [5, 5.41) is 9.47. The van der Waals surface area contributed by atoms with Crippen LogP contribution >= 0.6 is 0 Å². The number of nitrogens with zero attached hydrogens (tertiary/aromatic N) is 4. The van der Waals surface area contributed by atoms with Crippen molar-refractivity contribution in [3.8, 4) is 11.4 Å². The van der Waals surface area contributed by atoms with Crippen LogP contribution in [0, 0.1) is 11.8 Å². The third kappa shape index (κ3) is 4.50. The molecule has 4 unspecified atom stereocenters. The van der Waals surface area contributed by atoms with Gasteiger partial charge in [0, 0.05) is 30.2 Å². The molecular weight excluding hydrogens is 504 g/mol. The molecule has 4 atom stereocenters. The van der Waals surface area contributed by atoms with Gasteiger partial charge in [-0.25, -0.2) is 4.98 Å². The van der Waals surface area contributed by atoms with E-state index in [1.807, 2.05) is 28.8 Å². The van der Waals surface area contributed by atoms with Crippen molar-refractivity contribution in [3.05, 3.63) is 63.2 Å². The number of aliphatic carboxylic acids is 1. The third-order valence-corrected chi connectivity index (χ3v) is 10.3. The minimum atomic E-state index is -1.14. The van der Waals surface area contributed by atoms with E-state index >= 15 is 0 Å². The molecule has 4 bridgehead atoms. The van der Waals surface area contributed by atoms with Gasteiger partial charge >= 0.3 is 5.97 Å². The maximum Gasteiger partial charge on any atom is 0.323 e. The van der Waals surface area contributed by atoms with Crippen LogP contribution in [0.2, 0.25) is 0 Å². The fourth-order valence-electron chi connectivity index (χ4n) is 8.84. The number of para-hydroxylation sites is 2. The zero-order valence-electron chi connectivity index (χ0n) is 23.0. The summed E-state index contributed by atoms with van der Waals surface area (Å²) in [6.07, 6.45) is 13.8. The van der Waals surface area contributed by atoms with Gasteiger partial charge in [-0.3, -0.25) is 23.9 Å². The zero-order chi connectivity index (χ0) is 27.4. The smallest absolute Gasteiger partial charge is 0.323 e. The Morgan fingerprint density at radius 3 is 2.23 bits per heavy atom. The van der Waals surface area contributed by atoms with E-state index in [0.717, 1.165) is 34.8 Å². The number of aromatic nitrogens is 3. The Bertz CT molecular complexity index is 1530. The molecule has 2 aromatic heterocycles. The first kappa shape index (κ1) is 25.7.